The average molecular weight is 770 g/mol. The zero-order valence-electron chi connectivity index (χ0n) is 31.3. The van der Waals surface area contributed by atoms with E-state index in [9.17, 15) is 24.6 Å². The second-order valence-electron chi connectivity index (χ2n) is 13.8. The molecule has 0 bridgehead atoms. The number of aliphatic hydroxyl groups is 2. The molecule has 0 aliphatic carbocycles. The van der Waals surface area contributed by atoms with Crippen LogP contribution in [-0.4, -0.2) is 93.7 Å². The minimum atomic E-state index is -1.14. The number of halogens is 1. The number of carbonyl (C=O) groups is 3. The van der Waals surface area contributed by atoms with Gasteiger partial charge in [-0.2, -0.15) is 0 Å². The number of hydrogen-bond donors (Lipinski definition) is 5. The molecule has 288 valence electrons. The van der Waals surface area contributed by atoms with E-state index in [0.717, 1.165) is 5.56 Å². The van der Waals surface area contributed by atoms with E-state index in [-0.39, 0.29) is 43.3 Å². The number of nitrogens with two attached hydrogens (primary N) is 1. The van der Waals surface area contributed by atoms with E-state index in [2.05, 4.69) is 44.2 Å². The number of rotatable bonds is 4. The number of nitrogens with one attached hydrogen (secondary N) is 2. The van der Waals surface area contributed by atoms with Crippen LogP contribution in [0.15, 0.2) is 66.7 Å². The van der Waals surface area contributed by atoms with E-state index in [1.807, 2.05) is 30.3 Å². The van der Waals surface area contributed by atoms with Crippen molar-refractivity contribution in [3.63, 3.8) is 0 Å². The summed E-state index contributed by atoms with van der Waals surface area (Å²) < 4.78 is 11.3. The molecule has 3 amide bonds. The number of anilines is 2. The van der Waals surface area contributed by atoms with Crippen LogP contribution in [0.2, 0.25) is 0 Å². The SMILES string of the molecule is CN1C(=O)[C@@H](N)COc2ccc(C#CC(C)(C)O)cc21.CN1C(=O)[C@@H](NC(=O)c2n[nH]c(Cc3ccccc3)n2)COc2ccc(C#CC(C)(C)O)cc21.Cl. The zero-order chi connectivity index (χ0) is 39.2. The number of aromatic nitrogens is 3. The van der Waals surface area contributed by atoms with Gasteiger partial charge in [-0.05, 0) is 69.7 Å². The lowest BCUT2D eigenvalue weighted by molar-refractivity contribution is -0.120. The van der Waals surface area contributed by atoms with Crippen LogP contribution in [0.3, 0.4) is 0 Å². The normalized spacial score (nSPS) is 16.3. The Hall–Kier alpha value is -5.90. The standard InChI is InChI=1S/C25H25N5O4.C15H18N2O3.ClH/c1-25(2,33)12-11-17-9-10-20-19(13-17)30(3)24(32)18(15-34-20)26-23(31)22-27-21(28-29-22)14-16-7-5-4-6-8-16;1-15(2,19)7-6-10-4-5-13-12(8-10)17(3)14(18)11(16)9-20-13;/h4-10,13,18,33H,14-15H2,1-3H3,(H,26,31)(H,27,28,29);4-5,8,11,19H,9,16H2,1-3H3;1H/t18-;11-;/m00./s1. The van der Waals surface area contributed by atoms with Crippen molar-refractivity contribution in [2.24, 2.45) is 5.73 Å². The molecule has 3 heterocycles. The van der Waals surface area contributed by atoms with Gasteiger partial charge in [-0.1, -0.05) is 54.0 Å². The highest BCUT2D eigenvalue weighted by Crippen LogP contribution is 2.32. The van der Waals surface area contributed by atoms with Crippen molar-refractivity contribution in [1.82, 2.24) is 20.5 Å². The number of likely N-dealkylation sites (N-methyl/N-ethyl adjacent to an activating group) is 2. The summed E-state index contributed by atoms with van der Waals surface area (Å²) in [6.07, 6.45) is 0.503. The predicted molar refractivity (Wildman–Crippen MR) is 209 cm³/mol. The van der Waals surface area contributed by atoms with Gasteiger partial charge in [-0.3, -0.25) is 19.5 Å². The van der Waals surface area contributed by atoms with Gasteiger partial charge in [0.25, 0.3) is 11.8 Å². The molecule has 0 radical (unpaired) electrons. The molecule has 2 aliphatic heterocycles. The molecule has 1 aromatic heterocycles. The molecule has 6 N–H and O–H groups in total. The van der Waals surface area contributed by atoms with E-state index in [4.69, 9.17) is 15.2 Å². The minimum absolute atomic E-state index is 0. The summed E-state index contributed by atoms with van der Waals surface area (Å²) in [5.74, 6) is 11.7. The summed E-state index contributed by atoms with van der Waals surface area (Å²) in [5, 5.41) is 28.9. The van der Waals surface area contributed by atoms with Gasteiger partial charge in [-0.15, -0.1) is 17.5 Å². The summed E-state index contributed by atoms with van der Waals surface area (Å²) in [5.41, 5.74) is 7.03. The highest BCUT2D eigenvalue weighted by atomic mass is 35.5. The lowest BCUT2D eigenvalue weighted by Gasteiger charge is -2.20. The van der Waals surface area contributed by atoms with Crippen molar-refractivity contribution in [1.29, 1.82) is 0 Å². The first-order chi connectivity index (χ1) is 25.5. The number of H-pyrrole nitrogens is 1. The lowest BCUT2D eigenvalue weighted by atomic mass is 10.1. The van der Waals surface area contributed by atoms with Gasteiger partial charge in [0.15, 0.2) is 0 Å². The van der Waals surface area contributed by atoms with E-state index in [0.29, 0.717) is 46.2 Å². The Morgan fingerprint density at radius 2 is 1.40 bits per heavy atom. The van der Waals surface area contributed by atoms with Crippen molar-refractivity contribution >= 4 is 41.5 Å². The Kier molecular flexibility index (Phi) is 13.3. The smallest absolute Gasteiger partial charge is 0.291 e. The maximum absolute atomic E-state index is 13.1. The van der Waals surface area contributed by atoms with E-state index < -0.39 is 29.2 Å². The van der Waals surface area contributed by atoms with Crippen LogP contribution in [-0.2, 0) is 16.0 Å². The molecule has 0 saturated heterocycles. The number of ether oxygens (including phenoxy) is 2. The van der Waals surface area contributed by atoms with Crippen molar-refractivity contribution in [3.05, 3.63) is 95.1 Å². The molecule has 3 aromatic carbocycles. The monoisotopic (exact) mass is 769 g/mol. The fraction of sp³-hybridized carbons (Fsp3) is 0.325. The molecule has 4 aromatic rings. The van der Waals surface area contributed by atoms with Crippen molar-refractivity contribution in [2.75, 3.05) is 37.1 Å². The Morgan fingerprint density at radius 3 is 1.95 bits per heavy atom. The molecule has 2 atom stereocenters. The number of aromatic amines is 1. The molecule has 0 unspecified atom stereocenters. The van der Waals surface area contributed by atoms with Crippen LogP contribution in [0.25, 0.3) is 0 Å². The van der Waals surface area contributed by atoms with E-state index in [1.54, 1.807) is 78.2 Å². The number of fused-ring (bicyclic) bond motifs is 2. The highest BCUT2D eigenvalue weighted by molar-refractivity contribution is 6.02. The molecular formula is C40H44ClN7O7. The molecular weight excluding hydrogens is 726 g/mol. The van der Waals surface area contributed by atoms with Crippen LogP contribution in [0.5, 0.6) is 11.5 Å². The molecule has 0 fully saturated rings. The van der Waals surface area contributed by atoms with Gasteiger partial charge in [0, 0.05) is 31.6 Å². The molecule has 0 spiro atoms. The summed E-state index contributed by atoms with van der Waals surface area (Å²) >= 11 is 0. The Bertz CT molecular complexity index is 2160. The first kappa shape index (κ1) is 41.9. The fourth-order valence-corrected chi connectivity index (χ4v) is 5.22. The average Bonchev–Trinajstić information content (AvgIpc) is 3.53. The fourth-order valence-electron chi connectivity index (χ4n) is 5.22. The number of benzene rings is 3. The first-order valence-corrected chi connectivity index (χ1v) is 17.1. The Morgan fingerprint density at radius 1 is 0.873 bits per heavy atom. The van der Waals surface area contributed by atoms with E-state index in [1.165, 1.54) is 9.80 Å². The third kappa shape index (κ3) is 11.3. The number of carbonyl (C=O) groups excluding carboxylic acids is 3. The van der Waals surface area contributed by atoms with Crippen LogP contribution >= 0.6 is 12.4 Å². The molecule has 2 aliphatic rings. The van der Waals surface area contributed by atoms with E-state index >= 15 is 0 Å². The van der Waals surface area contributed by atoms with Crippen LogP contribution in [0.1, 0.15) is 60.8 Å². The third-order valence-electron chi connectivity index (χ3n) is 8.02. The highest BCUT2D eigenvalue weighted by Gasteiger charge is 2.32. The van der Waals surface area contributed by atoms with Gasteiger partial charge in [-0.25, -0.2) is 4.98 Å². The number of nitrogens with zero attached hydrogens (tertiary/aromatic N) is 4. The second kappa shape index (κ2) is 17.5. The summed E-state index contributed by atoms with van der Waals surface area (Å²) in [4.78, 5) is 44.9. The predicted octanol–water partition coefficient (Wildman–Crippen LogP) is 2.59. The summed E-state index contributed by atoms with van der Waals surface area (Å²) in [6, 6.07) is 18.6. The maximum atomic E-state index is 13.1. The maximum Gasteiger partial charge on any atom is 0.291 e. The quantitative estimate of drug-likeness (QED) is 0.193. The minimum Gasteiger partial charge on any atom is -0.489 e. The first-order valence-electron chi connectivity index (χ1n) is 17.1. The Balaban J connectivity index is 0.000000274. The largest absolute Gasteiger partial charge is 0.489 e. The second-order valence-corrected chi connectivity index (χ2v) is 13.8. The Labute approximate surface area is 325 Å². The molecule has 0 saturated carbocycles. The van der Waals surface area contributed by atoms with Gasteiger partial charge < -0.3 is 40.5 Å². The molecule has 6 rings (SSSR count). The van der Waals surface area contributed by atoms with Crippen LogP contribution in [0.4, 0.5) is 11.4 Å². The van der Waals surface area contributed by atoms with Crippen molar-refractivity contribution < 1.29 is 34.1 Å². The summed E-state index contributed by atoms with van der Waals surface area (Å²) in [6.45, 7) is 6.52. The number of amides is 3. The molecule has 55 heavy (non-hydrogen) atoms. The van der Waals surface area contributed by atoms with Crippen LogP contribution in [0, 0.1) is 23.7 Å². The van der Waals surface area contributed by atoms with Gasteiger partial charge in [0.05, 0.1) is 11.4 Å². The third-order valence-corrected chi connectivity index (χ3v) is 8.02. The lowest BCUT2D eigenvalue weighted by Crippen LogP contribution is -2.49. The van der Waals surface area contributed by atoms with Gasteiger partial charge in [0.1, 0.15) is 53.8 Å². The van der Waals surface area contributed by atoms with Crippen molar-refractivity contribution in [3.8, 4) is 35.2 Å². The molecule has 14 nitrogen and oxygen atoms in total. The van der Waals surface area contributed by atoms with Crippen molar-refractivity contribution in [2.45, 2.75) is 57.4 Å². The summed E-state index contributed by atoms with van der Waals surface area (Å²) in [7, 11) is 3.26. The van der Waals surface area contributed by atoms with Gasteiger partial charge in [0.2, 0.25) is 11.7 Å². The number of hydrogen-bond acceptors (Lipinski definition) is 10. The van der Waals surface area contributed by atoms with Crippen LogP contribution < -0.4 is 30.3 Å². The topological polar surface area (TPSA) is 196 Å². The zero-order valence-corrected chi connectivity index (χ0v) is 32.2. The van der Waals surface area contributed by atoms with Gasteiger partial charge >= 0.3 is 0 Å². The molecule has 15 heteroatoms.